The van der Waals surface area contributed by atoms with Crippen LogP contribution < -0.4 is 4.74 Å². The third-order valence-corrected chi connectivity index (χ3v) is 5.49. The van der Waals surface area contributed by atoms with Gasteiger partial charge in [0.1, 0.15) is 11.5 Å². The molecule has 0 N–H and O–H groups in total. The van der Waals surface area contributed by atoms with Crippen molar-refractivity contribution in [1.82, 2.24) is 4.90 Å². The van der Waals surface area contributed by atoms with Gasteiger partial charge in [0.25, 0.3) is 11.8 Å². The first-order valence-corrected chi connectivity index (χ1v) is 9.98. The normalized spacial score (nSPS) is 13.6. The molecular weight excluding hydrogens is 430 g/mol. The lowest BCUT2D eigenvalue weighted by atomic mass is 10.1. The first-order chi connectivity index (χ1) is 14.0. The lowest BCUT2D eigenvalue weighted by Gasteiger charge is -2.12. The summed E-state index contributed by atoms with van der Waals surface area (Å²) in [7, 11) is 0. The van der Waals surface area contributed by atoms with Crippen LogP contribution in [0.4, 0.5) is 0 Å². The summed E-state index contributed by atoms with van der Waals surface area (Å²) < 4.78 is 6.78. The molecule has 3 aromatic carbocycles. The molecule has 3 aromatic rings. The van der Waals surface area contributed by atoms with Gasteiger partial charge in [-0.15, -0.1) is 0 Å². The Bertz CT molecular complexity index is 1080. The summed E-state index contributed by atoms with van der Waals surface area (Å²) in [4.78, 5) is 26.2. The number of carbonyl (C=O) groups is 2. The molecule has 0 aliphatic carbocycles. The van der Waals surface area contributed by atoms with Gasteiger partial charge in [0.15, 0.2) is 0 Å². The number of benzene rings is 3. The fraction of sp³-hybridized carbons (Fsp3) is 0.0833. The Labute approximate surface area is 177 Å². The maximum atomic E-state index is 12.5. The summed E-state index contributed by atoms with van der Waals surface area (Å²) in [5, 5.41) is 0. The Kier molecular flexibility index (Phi) is 5.32. The van der Waals surface area contributed by atoms with E-state index in [1.54, 1.807) is 24.3 Å². The molecule has 4 nitrogen and oxygen atoms in total. The fourth-order valence-corrected chi connectivity index (χ4v) is 3.56. The number of imide groups is 1. The van der Waals surface area contributed by atoms with Crippen LogP contribution >= 0.6 is 15.9 Å². The highest BCUT2D eigenvalue weighted by Crippen LogP contribution is 2.30. The van der Waals surface area contributed by atoms with E-state index in [0.29, 0.717) is 11.1 Å². The number of rotatable bonds is 5. The zero-order valence-electron chi connectivity index (χ0n) is 15.8. The number of amides is 2. The molecule has 0 bridgehead atoms. The Morgan fingerprint density at radius 1 is 0.897 bits per heavy atom. The van der Waals surface area contributed by atoms with Crippen LogP contribution in [-0.4, -0.2) is 23.3 Å². The number of hydrogen-bond donors (Lipinski definition) is 0. The zero-order chi connectivity index (χ0) is 20.4. The number of hydrogen-bond acceptors (Lipinski definition) is 3. The van der Waals surface area contributed by atoms with Gasteiger partial charge in [-0.2, -0.15) is 0 Å². The average molecular weight is 448 g/mol. The highest BCUT2D eigenvalue weighted by atomic mass is 79.9. The molecule has 29 heavy (non-hydrogen) atoms. The van der Waals surface area contributed by atoms with Crippen LogP contribution in [0.25, 0.3) is 5.57 Å². The fourth-order valence-electron chi connectivity index (χ4n) is 3.19. The van der Waals surface area contributed by atoms with E-state index in [1.807, 2.05) is 61.5 Å². The second kappa shape index (κ2) is 8.05. The number of fused-ring (bicyclic) bond motifs is 1. The molecule has 4 rings (SSSR count). The van der Waals surface area contributed by atoms with Crippen LogP contribution in [0, 0.1) is 0 Å². The van der Waals surface area contributed by atoms with Crippen molar-refractivity contribution in [2.24, 2.45) is 0 Å². The van der Waals surface area contributed by atoms with Gasteiger partial charge in [0.2, 0.25) is 0 Å². The van der Waals surface area contributed by atoms with Gasteiger partial charge in [-0.1, -0.05) is 42.5 Å². The van der Waals surface area contributed by atoms with Crippen molar-refractivity contribution >= 4 is 33.3 Å². The Morgan fingerprint density at radius 2 is 1.48 bits per heavy atom. The van der Waals surface area contributed by atoms with Gasteiger partial charge in [-0.25, -0.2) is 0 Å². The van der Waals surface area contributed by atoms with Crippen LogP contribution in [0.3, 0.4) is 0 Å². The summed E-state index contributed by atoms with van der Waals surface area (Å²) in [5.41, 5.74) is 2.92. The Hall–Kier alpha value is -3.18. The Balaban J connectivity index is 1.45. The van der Waals surface area contributed by atoms with E-state index in [4.69, 9.17) is 4.74 Å². The van der Waals surface area contributed by atoms with E-state index in [2.05, 4.69) is 15.9 Å². The summed E-state index contributed by atoms with van der Waals surface area (Å²) in [6.45, 7) is 2.20. The van der Waals surface area contributed by atoms with Gasteiger partial charge in [0.05, 0.1) is 15.6 Å². The molecular formula is C24H18BrNO3. The largest absolute Gasteiger partial charge is 0.456 e. The Morgan fingerprint density at radius 3 is 2.10 bits per heavy atom. The number of ether oxygens (including phenoxy) is 1. The molecule has 0 spiro atoms. The van der Waals surface area contributed by atoms with E-state index >= 15 is 0 Å². The molecule has 1 heterocycles. The maximum Gasteiger partial charge on any atom is 0.261 e. The van der Waals surface area contributed by atoms with Gasteiger partial charge in [-0.05, 0) is 70.4 Å². The molecule has 2 amide bonds. The predicted molar refractivity (Wildman–Crippen MR) is 116 cm³/mol. The summed E-state index contributed by atoms with van der Waals surface area (Å²) in [6, 6.07) is 22.3. The van der Waals surface area contributed by atoms with Crippen molar-refractivity contribution in [2.75, 3.05) is 6.54 Å². The van der Waals surface area contributed by atoms with Crippen molar-refractivity contribution in [3.8, 4) is 11.5 Å². The minimum Gasteiger partial charge on any atom is -0.456 e. The molecule has 0 fully saturated rings. The van der Waals surface area contributed by atoms with Gasteiger partial charge < -0.3 is 4.74 Å². The van der Waals surface area contributed by atoms with E-state index in [-0.39, 0.29) is 18.4 Å². The third kappa shape index (κ3) is 3.87. The molecule has 144 valence electrons. The van der Waals surface area contributed by atoms with E-state index in [1.165, 1.54) is 4.90 Å². The molecule has 0 unspecified atom stereocenters. The van der Waals surface area contributed by atoms with Gasteiger partial charge >= 0.3 is 0 Å². The molecule has 1 aliphatic rings. The predicted octanol–water partition coefficient (Wildman–Crippen LogP) is 5.94. The standard InChI is InChI=1S/C24H18BrNO3/c1-16(14-15-26-23(27)19-6-2-3-7-20(19)24(26)28)17-10-12-18(13-11-17)29-22-9-5-4-8-21(22)25/h2-14H,15H2,1H3. The minimum absolute atomic E-state index is 0.243. The van der Waals surface area contributed by atoms with E-state index < -0.39 is 0 Å². The highest BCUT2D eigenvalue weighted by Gasteiger charge is 2.34. The number of allylic oxidation sites excluding steroid dienone is 1. The number of halogens is 1. The van der Waals surface area contributed by atoms with Crippen molar-refractivity contribution in [2.45, 2.75) is 6.92 Å². The van der Waals surface area contributed by atoms with Crippen molar-refractivity contribution < 1.29 is 14.3 Å². The zero-order valence-corrected chi connectivity index (χ0v) is 17.3. The van der Waals surface area contributed by atoms with E-state index in [0.717, 1.165) is 27.1 Å². The summed E-state index contributed by atoms with van der Waals surface area (Å²) in [6.07, 6.45) is 1.89. The van der Waals surface area contributed by atoms with Crippen LogP contribution in [0.5, 0.6) is 11.5 Å². The van der Waals surface area contributed by atoms with Gasteiger partial charge in [-0.3, -0.25) is 14.5 Å². The maximum absolute atomic E-state index is 12.5. The molecule has 0 aromatic heterocycles. The van der Waals surface area contributed by atoms with Crippen LogP contribution in [0.15, 0.2) is 83.3 Å². The second-order valence-corrected chi connectivity index (χ2v) is 7.56. The smallest absolute Gasteiger partial charge is 0.261 e. The molecule has 0 atom stereocenters. The summed E-state index contributed by atoms with van der Waals surface area (Å²) in [5.74, 6) is 0.991. The molecule has 0 radical (unpaired) electrons. The minimum atomic E-state index is -0.244. The molecule has 5 heteroatoms. The van der Waals surface area contributed by atoms with Gasteiger partial charge in [0, 0.05) is 6.54 Å². The monoisotopic (exact) mass is 447 g/mol. The lowest BCUT2D eigenvalue weighted by molar-refractivity contribution is 0.0672. The highest BCUT2D eigenvalue weighted by molar-refractivity contribution is 9.10. The van der Waals surface area contributed by atoms with Crippen LogP contribution in [0.1, 0.15) is 33.2 Å². The van der Waals surface area contributed by atoms with Crippen molar-refractivity contribution in [3.05, 3.63) is 100 Å². The number of para-hydroxylation sites is 1. The molecule has 0 saturated heterocycles. The topological polar surface area (TPSA) is 46.6 Å². The van der Waals surface area contributed by atoms with Crippen LogP contribution in [-0.2, 0) is 0 Å². The SMILES string of the molecule is CC(=CCN1C(=O)c2ccccc2C1=O)c1ccc(Oc2ccccc2Br)cc1. The number of carbonyl (C=O) groups excluding carboxylic acids is 2. The molecule has 0 saturated carbocycles. The lowest BCUT2D eigenvalue weighted by Crippen LogP contribution is -2.29. The average Bonchev–Trinajstić information content (AvgIpc) is 2.99. The summed E-state index contributed by atoms with van der Waals surface area (Å²) >= 11 is 3.47. The third-order valence-electron chi connectivity index (χ3n) is 4.83. The molecule has 1 aliphatic heterocycles. The number of nitrogens with zero attached hydrogens (tertiary/aromatic N) is 1. The quantitative estimate of drug-likeness (QED) is 0.454. The van der Waals surface area contributed by atoms with E-state index in [9.17, 15) is 9.59 Å². The first-order valence-electron chi connectivity index (χ1n) is 9.19. The van der Waals surface area contributed by atoms with Crippen LogP contribution in [0.2, 0.25) is 0 Å². The van der Waals surface area contributed by atoms with Crippen molar-refractivity contribution in [3.63, 3.8) is 0 Å². The van der Waals surface area contributed by atoms with Crippen molar-refractivity contribution in [1.29, 1.82) is 0 Å². The second-order valence-electron chi connectivity index (χ2n) is 6.71. The first kappa shape index (κ1) is 19.2.